The van der Waals surface area contributed by atoms with Crippen molar-refractivity contribution < 1.29 is 27.9 Å². The van der Waals surface area contributed by atoms with Gasteiger partial charge in [-0.2, -0.15) is 13.2 Å². The number of methoxy groups -OCH3 is 1. The van der Waals surface area contributed by atoms with Crippen LogP contribution in [0.1, 0.15) is 12.0 Å². The maximum atomic E-state index is 12.5. The lowest BCUT2D eigenvalue weighted by molar-refractivity contribution is -0.355. The fourth-order valence-corrected chi connectivity index (χ4v) is 1.51. The van der Waals surface area contributed by atoms with E-state index in [2.05, 4.69) is 9.99 Å². The normalized spacial score (nSPS) is 23.5. The lowest BCUT2D eigenvalue weighted by atomic mass is 10.0. The van der Waals surface area contributed by atoms with Gasteiger partial charge in [0.25, 0.3) is 0 Å². The highest BCUT2D eigenvalue weighted by atomic mass is 19.4. The number of halogens is 3. The fourth-order valence-electron chi connectivity index (χ4n) is 1.51. The summed E-state index contributed by atoms with van der Waals surface area (Å²) in [6.45, 7) is 0. The van der Waals surface area contributed by atoms with Crippen molar-refractivity contribution >= 4 is 5.71 Å². The van der Waals surface area contributed by atoms with Crippen molar-refractivity contribution in [1.29, 1.82) is 0 Å². The molecular formula is C11H10F3NO3. The molecule has 1 N–H and O–H groups in total. The molecule has 0 aromatic heterocycles. The van der Waals surface area contributed by atoms with E-state index in [4.69, 9.17) is 4.74 Å². The Kier molecular flexibility index (Phi) is 2.94. The third kappa shape index (κ3) is 2.13. The number of benzene rings is 1. The number of hydrogen-bond donors (Lipinski definition) is 1. The first-order chi connectivity index (χ1) is 8.36. The summed E-state index contributed by atoms with van der Waals surface area (Å²) >= 11 is 0. The van der Waals surface area contributed by atoms with Crippen LogP contribution in [0.25, 0.3) is 0 Å². The van der Waals surface area contributed by atoms with Crippen LogP contribution in [0.5, 0.6) is 5.75 Å². The highest BCUT2D eigenvalue weighted by molar-refractivity contribution is 6.01. The third-order valence-electron chi connectivity index (χ3n) is 2.58. The third-order valence-corrected chi connectivity index (χ3v) is 2.58. The van der Waals surface area contributed by atoms with Crippen LogP contribution in [0.4, 0.5) is 13.2 Å². The van der Waals surface area contributed by atoms with Gasteiger partial charge in [-0.1, -0.05) is 5.16 Å². The van der Waals surface area contributed by atoms with E-state index in [1.165, 1.54) is 7.11 Å². The number of rotatable bonds is 2. The Morgan fingerprint density at radius 2 is 1.94 bits per heavy atom. The van der Waals surface area contributed by atoms with Gasteiger partial charge in [0.15, 0.2) is 0 Å². The van der Waals surface area contributed by atoms with Crippen molar-refractivity contribution in [2.45, 2.75) is 18.4 Å². The minimum atomic E-state index is -4.88. The van der Waals surface area contributed by atoms with Gasteiger partial charge in [0.05, 0.1) is 19.2 Å². The number of oxime groups is 1. The molecule has 1 aromatic carbocycles. The molecule has 1 atom stereocenters. The Bertz CT molecular complexity index is 469. The predicted octanol–water partition coefficient (Wildman–Crippen LogP) is 2.07. The second-order valence-electron chi connectivity index (χ2n) is 3.82. The zero-order chi connectivity index (χ0) is 13.4. The summed E-state index contributed by atoms with van der Waals surface area (Å²) in [5.74, 6) is -2.66. The second kappa shape index (κ2) is 4.16. The van der Waals surface area contributed by atoms with Gasteiger partial charge in [0, 0.05) is 0 Å². The lowest BCUT2D eigenvalue weighted by Crippen LogP contribution is -2.45. The van der Waals surface area contributed by atoms with Crippen molar-refractivity contribution in [3.63, 3.8) is 0 Å². The van der Waals surface area contributed by atoms with Gasteiger partial charge in [0.2, 0.25) is 0 Å². The van der Waals surface area contributed by atoms with Crippen LogP contribution in [0.2, 0.25) is 0 Å². The van der Waals surface area contributed by atoms with Crippen molar-refractivity contribution in [1.82, 2.24) is 0 Å². The molecule has 0 aliphatic carbocycles. The topological polar surface area (TPSA) is 51.0 Å². The largest absolute Gasteiger partial charge is 0.497 e. The van der Waals surface area contributed by atoms with Crippen molar-refractivity contribution in [3.8, 4) is 5.75 Å². The van der Waals surface area contributed by atoms with E-state index >= 15 is 0 Å². The molecule has 0 radical (unpaired) electrons. The molecule has 0 saturated heterocycles. The smallest absolute Gasteiger partial charge is 0.458 e. The molecular weight excluding hydrogens is 251 g/mol. The maximum Gasteiger partial charge on any atom is 0.458 e. The van der Waals surface area contributed by atoms with E-state index in [0.717, 1.165) is 0 Å². The summed E-state index contributed by atoms with van der Waals surface area (Å²) in [5.41, 5.74) is 0.480. The van der Waals surface area contributed by atoms with Crippen LogP contribution in [0.3, 0.4) is 0 Å². The summed E-state index contributed by atoms with van der Waals surface area (Å²) in [6.07, 6.45) is -5.62. The quantitative estimate of drug-likeness (QED) is 0.886. The molecule has 0 spiro atoms. The molecule has 0 unspecified atom stereocenters. The Morgan fingerprint density at radius 1 is 1.33 bits per heavy atom. The molecule has 1 aromatic rings. The van der Waals surface area contributed by atoms with Gasteiger partial charge in [-0.25, -0.2) is 0 Å². The first-order valence-corrected chi connectivity index (χ1v) is 5.04. The monoisotopic (exact) mass is 261 g/mol. The van der Waals surface area contributed by atoms with E-state index in [9.17, 15) is 18.3 Å². The molecule has 0 fully saturated rings. The van der Waals surface area contributed by atoms with E-state index in [1.807, 2.05) is 0 Å². The molecule has 4 nitrogen and oxygen atoms in total. The molecule has 0 saturated carbocycles. The van der Waals surface area contributed by atoms with Gasteiger partial charge in [-0.05, 0) is 29.8 Å². The van der Waals surface area contributed by atoms with Crippen LogP contribution < -0.4 is 4.74 Å². The van der Waals surface area contributed by atoms with E-state index in [0.29, 0.717) is 11.3 Å². The maximum absolute atomic E-state index is 12.5. The molecule has 1 aliphatic rings. The van der Waals surface area contributed by atoms with Crippen LogP contribution >= 0.6 is 0 Å². The standard InChI is InChI=1S/C11H10F3NO3/c1-17-8-4-2-7(3-5-8)9-6-10(16,18-15-9)11(12,13)14/h2-5,16H,6H2,1H3/t10-/m1/s1. The van der Waals surface area contributed by atoms with Crippen LogP contribution in [0, 0.1) is 0 Å². The van der Waals surface area contributed by atoms with Crippen LogP contribution in [0.15, 0.2) is 29.4 Å². The second-order valence-corrected chi connectivity index (χ2v) is 3.82. The summed E-state index contributed by atoms with van der Waals surface area (Å²) < 4.78 is 42.4. The minimum Gasteiger partial charge on any atom is -0.497 e. The highest BCUT2D eigenvalue weighted by Crippen LogP contribution is 2.38. The average molecular weight is 261 g/mol. The molecule has 1 aliphatic heterocycles. The van der Waals surface area contributed by atoms with Crippen molar-refractivity contribution in [2.24, 2.45) is 5.16 Å². The summed E-state index contributed by atoms with van der Waals surface area (Å²) in [6, 6.07) is 6.26. The highest BCUT2D eigenvalue weighted by Gasteiger charge is 2.60. The molecule has 1 heterocycles. The predicted molar refractivity (Wildman–Crippen MR) is 56.2 cm³/mol. The number of hydrogen-bond acceptors (Lipinski definition) is 4. The van der Waals surface area contributed by atoms with Gasteiger partial charge in [-0.3, -0.25) is 0 Å². The zero-order valence-electron chi connectivity index (χ0n) is 9.36. The summed E-state index contributed by atoms with van der Waals surface area (Å²) in [4.78, 5) is 4.12. The number of aliphatic hydroxyl groups is 1. The number of alkyl halides is 3. The number of nitrogens with zero attached hydrogens (tertiary/aromatic N) is 1. The zero-order valence-corrected chi connectivity index (χ0v) is 9.36. The van der Waals surface area contributed by atoms with E-state index < -0.39 is 18.4 Å². The molecule has 18 heavy (non-hydrogen) atoms. The van der Waals surface area contributed by atoms with Gasteiger partial charge >= 0.3 is 12.0 Å². The van der Waals surface area contributed by atoms with E-state index in [-0.39, 0.29) is 5.71 Å². The van der Waals surface area contributed by atoms with E-state index in [1.54, 1.807) is 24.3 Å². The average Bonchev–Trinajstić information content (AvgIpc) is 2.73. The summed E-state index contributed by atoms with van der Waals surface area (Å²) in [5, 5.41) is 12.6. The SMILES string of the molecule is COc1ccc(C2=NO[C@@](O)(C(F)(F)F)C2)cc1. The van der Waals surface area contributed by atoms with Crippen LogP contribution in [-0.4, -0.2) is 29.9 Å². The Hall–Kier alpha value is -1.76. The molecule has 98 valence electrons. The molecule has 0 bridgehead atoms. The first-order valence-electron chi connectivity index (χ1n) is 5.04. The Balaban J connectivity index is 2.17. The minimum absolute atomic E-state index is 0.0393. The Labute approximate surface area is 101 Å². The summed E-state index contributed by atoms with van der Waals surface area (Å²) in [7, 11) is 1.48. The van der Waals surface area contributed by atoms with Crippen LogP contribution in [-0.2, 0) is 4.84 Å². The van der Waals surface area contributed by atoms with Crippen molar-refractivity contribution in [3.05, 3.63) is 29.8 Å². The lowest BCUT2D eigenvalue weighted by Gasteiger charge is -2.22. The van der Waals surface area contributed by atoms with Gasteiger partial charge in [0.1, 0.15) is 5.75 Å². The first kappa shape index (κ1) is 12.7. The van der Waals surface area contributed by atoms with Gasteiger partial charge in [-0.15, -0.1) is 0 Å². The number of ether oxygens (including phenoxy) is 1. The van der Waals surface area contributed by atoms with Gasteiger partial charge < -0.3 is 14.7 Å². The fraction of sp³-hybridized carbons (Fsp3) is 0.364. The molecule has 7 heteroatoms. The van der Waals surface area contributed by atoms with Crippen molar-refractivity contribution in [2.75, 3.05) is 7.11 Å². The molecule has 0 amide bonds. The Morgan fingerprint density at radius 3 is 2.39 bits per heavy atom. The molecule has 2 rings (SSSR count).